The van der Waals surface area contributed by atoms with Crippen molar-refractivity contribution in [2.45, 2.75) is 19.5 Å². The topological polar surface area (TPSA) is 89.7 Å². The molecule has 1 amide bonds. The molecule has 3 aromatic rings. The van der Waals surface area contributed by atoms with Gasteiger partial charge >= 0.3 is 0 Å². The van der Waals surface area contributed by atoms with Crippen molar-refractivity contribution in [1.29, 1.82) is 0 Å². The Balaban J connectivity index is 1.68. The number of fused-ring (bicyclic) bond motifs is 1. The van der Waals surface area contributed by atoms with E-state index in [0.717, 1.165) is 17.0 Å². The molecule has 26 heavy (non-hydrogen) atoms. The van der Waals surface area contributed by atoms with Gasteiger partial charge in [0, 0.05) is 31.2 Å². The van der Waals surface area contributed by atoms with E-state index < -0.39 is 6.04 Å². The van der Waals surface area contributed by atoms with E-state index in [2.05, 4.69) is 26.2 Å². The summed E-state index contributed by atoms with van der Waals surface area (Å²) in [5.41, 5.74) is 3.32. The first-order chi connectivity index (χ1) is 12.6. The molecule has 2 aromatic heterocycles. The molecular formula is C18H19N7O. The van der Waals surface area contributed by atoms with E-state index in [0.29, 0.717) is 18.1 Å². The third-order valence-electron chi connectivity index (χ3n) is 4.52. The van der Waals surface area contributed by atoms with E-state index in [1.165, 1.54) is 0 Å². The standard InChI is InChI=1S/C18H19N7O/c1-12-15(17(26)19-11-13-7-4-3-5-8-13)16(14-9-6-10-24(14)2)25-18(20-12)21-22-23-25/h3-10,16H,11H2,1-2H3,(H,19,26)(H,20,21,23)/t16-/m0/s1. The Labute approximate surface area is 150 Å². The molecule has 1 aliphatic rings. The van der Waals surface area contributed by atoms with Gasteiger partial charge in [-0.2, -0.15) is 4.68 Å². The van der Waals surface area contributed by atoms with Crippen LogP contribution in [0.5, 0.6) is 0 Å². The summed E-state index contributed by atoms with van der Waals surface area (Å²) in [7, 11) is 1.94. The maximum Gasteiger partial charge on any atom is 0.251 e. The number of carbonyl (C=O) groups is 1. The van der Waals surface area contributed by atoms with E-state index >= 15 is 0 Å². The molecular weight excluding hydrogens is 330 g/mol. The van der Waals surface area contributed by atoms with E-state index in [1.54, 1.807) is 4.68 Å². The number of rotatable bonds is 4. The lowest BCUT2D eigenvalue weighted by Crippen LogP contribution is -2.35. The van der Waals surface area contributed by atoms with E-state index in [1.807, 2.05) is 67.2 Å². The molecule has 8 heteroatoms. The van der Waals surface area contributed by atoms with Gasteiger partial charge < -0.3 is 15.2 Å². The summed E-state index contributed by atoms with van der Waals surface area (Å²) < 4.78 is 3.61. The molecule has 0 bridgehead atoms. The molecule has 1 atom stereocenters. The first-order valence-electron chi connectivity index (χ1n) is 8.34. The highest BCUT2D eigenvalue weighted by molar-refractivity contribution is 5.96. The predicted octanol–water partition coefficient (Wildman–Crippen LogP) is 1.62. The summed E-state index contributed by atoms with van der Waals surface area (Å²) in [6.07, 6.45) is 1.94. The van der Waals surface area contributed by atoms with Gasteiger partial charge in [0.2, 0.25) is 5.95 Å². The van der Waals surface area contributed by atoms with Crippen LogP contribution in [0.1, 0.15) is 24.2 Å². The van der Waals surface area contributed by atoms with Gasteiger partial charge in [0.05, 0.1) is 5.57 Å². The fraction of sp³-hybridized carbons (Fsp3) is 0.222. The van der Waals surface area contributed by atoms with Crippen LogP contribution in [0.2, 0.25) is 0 Å². The maximum absolute atomic E-state index is 13.0. The number of hydrogen-bond acceptors (Lipinski definition) is 5. The maximum atomic E-state index is 13.0. The van der Waals surface area contributed by atoms with Crippen LogP contribution in [-0.4, -0.2) is 30.7 Å². The predicted molar refractivity (Wildman–Crippen MR) is 96.0 cm³/mol. The van der Waals surface area contributed by atoms with Crippen molar-refractivity contribution in [2.24, 2.45) is 7.05 Å². The molecule has 0 unspecified atom stereocenters. The fourth-order valence-electron chi connectivity index (χ4n) is 3.21. The number of nitrogens with one attached hydrogen (secondary N) is 2. The average Bonchev–Trinajstić information content (AvgIpc) is 3.28. The van der Waals surface area contributed by atoms with Crippen LogP contribution in [0.4, 0.5) is 5.95 Å². The van der Waals surface area contributed by atoms with Gasteiger partial charge in [0.15, 0.2) is 0 Å². The van der Waals surface area contributed by atoms with E-state index in [4.69, 9.17) is 0 Å². The minimum absolute atomic E-state index is 0.147. The van der Waals surface area contributed by atoms with Crippen LogP contribution < -0.4 is 10.6 Å². The molecule has 0 fully saturated rings. The van der Waals surface area contributed by atoms with Gasteiger partial charge in [-0.25, -0.2) is 0 Å². The van der Waals surface area contributed by atoms with Crippen molar-refractivity contribution >= 4 is 11.9 Å². The zero-order valence-corrected chi connectivity index (χ0v) is 14.5. The number of allylic oxidation sites excluding steroid dienone is 1. The fourth-order valence-corrected chi connectivity index (χ4v) is 3.21. The lowest BCUT2D eigenvalue weighted by molar-refractivity contribution is -0.118. The van der Waals surface area contributed by atoms with Crippen molar-refractivity contribution in [3.63, 3.8) is 0 Å². The van der Waals surface area contributed by atoms with Crippen LogP contribution in [0.15, 0.2) is 59.9 Å². The molecule has 0 saturated heterocycles. The lowest BCUT2D eigenvalue weighted by atomic mass is 9.99. The summed E-state index contributed by atoms with van der Waals surface area (Å²) >= 11 is 0. The Kier molecular flexibility index (Phi) is 4.00. The average molecular weight is 349 g/mol. The number of benzene rings is 1. The Hall–Kier alpha value is -3.42. The SMILES string of the molecule is CC1=C(C(=O)NCc2ccccc2)[C@H](c2cccn2C)n2nnnc2N1. The number of hydrogen-bond donors (Lipinski definition) is 2. The van der Waals surface area contributed by atoms with E-state index in [-0.39, 0.29) is 5.91 Å². The van der Waals surface area contributed by atoms with Crippen molar-refractivity contribution < 1.29 is 4.79 Å². The van der Waals surface area contributed by atoms with Gasteiger partial charge in [-0.15, -0.1) is 0 Å². The highest BCUT2D eigenvalue weighted by Crippen LogP contribution is 2.34. The molecule has 0 spiro atoms. The smallest absolute Gasteiger partial charge is 0.251 e. The summed E-state index contributed by atoms with van der Waals surface area (Å²) in [5.74, 6) is 0.375. The number of aromatic nitrogens is 5. The summed E-state index contributed by atoms with van der Waals surface area (Å²) in [6, 6.07) is 13.3. The zero-order chi connectivity index (χ0) is 18.1. The summed E-state index contributed by atoms with van der Waals surface area (Å²) in [5, 5.41) is 18.0. The number of amides is 1. The third-order valence-corrected chi connectivity index (χ3v) is 4.52. The zero-order valence-electron chi connectivity index (χ0n) is 14.5. The van der Waals surface area contributed by atoms with Gasteiger partial charge in [0.25, 0.3) is 5.91 Å². The van der Waals surface area contributed by atoms with Crippen molar-refractivity contribution in [1.82, 2.24) is 30.1 Å². The Bertz CT molecular complexity index is 970. The molecule has 3 heterocycles. The molecule has 0 radical (unpaired) electrons. The molecule has 0 saturated carbocycles. The number of tetrazole rings is 1. The van der Waals surface area contributed by atoms with Gasteiger partial charge in [-0.1, -0.05) is 35.4 Å². The van der Waals surface area contributed by atoms with Crippen LogP contribution in [0.3, 0.4) is 0 Å². The molecule has 2 N–H and O–H groups in total. The highest BCUT2D eigenvalue weighted by Gasteiger charge is 2.35. The number of anilines is 1. The minimum Gasteiger partial charge on any atom is -0.352 e. The lowest BCUT2D eigenvalue weighted by Gasteiger charge is -2.28. The van der Waals surface area contributed by atoms with Gasteiger partial charge in [0.1, 0.15) is 6.04 Å². The number of carbonyl (C=O) groups excluding carboxylic acids is 1. The first kappa shape index (κ1) is 16.1. The Morgan fingerprint density at radius 1 is 1.23 bits per heavy atom. The second-order valence-electron chi connectivity index (χ2n) is 6.23. The molecule has 132 valence electrons. The summed E-state index contributed by atoms with van der Waals surface area (Å²) in [6.45, 7) is 2.32. The molecule has 0 aliphatic carbocycles. The molecule has 1 aliphatic heterocycles. The largest absolute Gasteiger partial charge is 0.352 e. The minimum atomic E-state index is -0.392. The Morgan fingerprint density at radius 3 is 2.77 bits per heavy atom. The van der Waals surface area contributed by atoms with Crippen LogP contribution in [-0.2, 0) is 18.4 Å². The van der Waals surface area contributed by atoms with Crippen molar-refractivity contribution in [3.8, 4) is 0 Å². The second kappa shape index (κ2) is 6.47. The Morgan fingerprint density at radius 2 is 2.04 bits per heavy atom. The monoisotopic (exact) mass is 349 g/mol. The van der Waals surface area contributed by atoms with Crippen LogP contribution in [0, 0.1) is 0 Å². The molecule has 1 aromatic carbocycles. The van der Waals surface area contributed by atoms with E-state index in [9.17, 15) is 4.79 Å². The van der Waals surface area contributed by atoms with Gasteiger partial charge in [-0.3, -0.25) is 4.79 Å². The van der Waals surface area contributed by atoms with Crippen molar-refractivity contribution in [2.75, 3.05) is 5.32 Å². The molecule has 4 rings (SSSR count). The van der Waals surface area contributed by atoms with Gasteiger partial charge in [-0.05, 0) is 35.0 Å². The molecule has 8 nitrogen and oxygen atoms in total. The number of nitrogens with zero attached hydrogens (tertiary/aromatic N) is 5. The van der Waals surface area contributed by atoms with Crippen LogP contribution in [0.25, 0.3) is 0 Å². The van der Waals surface area contributed by atoms with Crippen LogP contribution >= 0.6 is 0 Å². The quantitative estimate of drug-likeness (QED) is 0.747. The second-order valence-corrected chi connectivity index (χ2v) is 6.23. The first-order valence-corrected chi connectivity index (χ1v) is 8.34. The normalized spacial score (nSPS) is 16.2. The highest BCUT2D eigenvalue weighted by atomic mass is 16.1. The number of aryl methyl sites for hydroxylation is 1. The summed E-state index contributed by atoms with van der Waals surface area (Å²) in [4.78, 5) is 13.0. The van der Waals surface area contributed by atoms with Crippen molar-refractivity contribution in [3.05, 3.63) is 71.2 Å². The third kappa shape index (κ3) is 2.75.